The van der Waals surface area contributed by atoms with Crippen molar-refractivity contribution in [1.29, 1.82) is 0 Å². The molecule has 1 heterocycles. The summed E-state index contributed by atoms with van der Waals surface area (Å²) in [7, 11) is 0. The van der Waals surface area contributed by atoms with E-state index in [9.17, 15) is 13.2 Å². The van der Waals surface area contributed by atoms with Crippen molar-refractivity contribution in [2.24, 2.45) is 0 Å². The monoisotopic (exact) mass is 422 g/mol. The highest BCUT2D eigenvalue weighted by atomic mass is 19.4. The van der Waals surface area contributed by atoms with Crippen LogP contribution in [0.5, 0.6) is 0 Å². The normalized spacial score (nSPS) is 10.7. The van der Waals surface area contributed by atoms with Gasteiger partial charge < -0.3 is 9.90 Å². The molecule has 1 aromatic heterocycles. The van der Waals surface area contributed by atoms with Gasteiger partial charge in [-0.05, 0) is 29.8 Å². The zero-order chi connectivity index (χ0) is 22.3. The van der Waals surface area contributed by atoms with Crippen molar-refractivity contribution in [3.63, 3.8) is 0 Å². The van der Waals surface area contributed by atoms with Crippen LogP contribution < -0.4 is 5.11 Å². The van der Waals surface area contributed by atoms with Crippen LogP contribution in [-0.4, -0.2) is 12.1 Å². The highest BCUT2D eigenvalue weighted by Gasteiger charge is 2.28. The second-order valence-electron chi connectivity index (χ2n) is 6.46. The maximum absolute atomic E-state index is 10.5. The van der Waals surface area contributed by atoms with Gasteiger partial charge in [0.1, 0.15) is 5.97 Å². The van der Waals surface area contributed by atoms with Gasteiger partial charge in [0.15, 0.2) is 0 Å². The molecule has 156 valence electrons. The van der Waals surface area contributed by atoms with E-state index >= 15 is 0 Å². The van der Waals surface area contributed by atoms with Crippen LogP contribution in [0.1, 0.15) is 0 Å². The lowest BCUT2D eigenvalue weighted by Crippen LogP contribution is -2.37. The van der Waals surface area contributed by atoms with Gasteiger partial charge in [-0.15, -0.1) is 0 Å². The maximum Gasteiger partial charge on any atom is 0.430 e. The fourth-order valence-corrected chi connectivity index (χ4v) is 2.79. The third kappa shape index (κ3) is 6.02. The van der Waals surface area contributed by atoms with Crippen molar-refractivity contribution >= 4 is 5.97 Å². The quantitative estimate of drug-likeness (QED) is 0.389. The van der Waals surface area contributed by atoms with E-state index in [1.807, 2.05) is 42.5 Å². The standard InChI is InChI=1S/C23H17O.C2HF3O2/c1-4-10-18(11-5-1)21-16-22(19-12-6-2-7-13-19)24-23(17-21)20-14-8-3-9-15-20;3-2(4,5)1(6)7/h1-17H;(H,6,7)/q+1;/p-1. The summed E-state index contributed by atoms with van der Waals surface area (Å²) in [6, 6.07) is 35.1. The fourth-order valence-electron chi connectivity index (χ4n) is 2.79. The maximum atomic E-state index is 10.5. The topological polar surface area (TPSA) is 51.4 Å². The van der Waals surface area contributed by atoms with Crippen LogP contribution in [0.25, 0.3) is 33.8 Å². The Labute approximate surface area is 177 Å². The molecule has 4 aromatic rings. The van der Waals surface area contributed by atoms with E-state index in [0.717, 1.165) is 28.2 Å². The Hall–Kier alpha value is -3.93. The summed E-state index contributed by atoms with van der Waals surface area (Å²) in [4.78, 5) is 8.78. The number of hydrogen-bond acceptors (Lipinski definition) is 2. The fraction of sp³-hybridized carbons (Fsp3) is 0.0400. The molecule has 0 saturated heterocycles. The Morgan fingerprint density at radius 2 is 0.935 bits per heavy atom. The molecule has 0 fully saturated rings. The average molecular weight is 422 g/mol. The van der Waals surface area contributed by atoms with Crippen LogP contribution in [0.3, 0.4) is 0 Å². The molecule has 31 heavy (non-hydrogen) atoms. The largest absolute Gasteiger partial charge is 0.542 e. The lowest BCUT2D eigenvalue weighted by atomic mass is 10.0. The zero-order valence-corrected chi connectivity index (χ0v) is 16.2. The number of carbonyl (C=O) groups is 1. The van der Waals surface area contributed by atoms with Gasteiger partial charge in [0.2, 0.25) is 0 Å². The molecule has 0 atom stereocenters. The van der Waals surface area contributed by atoms with Crippen molar-refractivity contribution < 1.29 is 27.5 Å². The van der Waals surface area contributed by atoms with Crippen LogP contribution in [0.15, 0.2) is 108 Å². The smallest absolute Gasteiger partial charge is 0.430 e. The molecule has 0 amide bonds. The molecule has 0 unspecified atom stereocenters. The van der Waals surface area contributed by atoms with Gasteiger partial charge in [0.05, 0.1) is 23.3 Å². The minimum atomic E-state index is -5.19. The number of halogens is 3. The number of carbonyl (C=O) groups excluding carboxylic acids is 1. The highest BCUT2D eigenvalue weighted by Crippen LogP contribution is 2.32. The van der Waals surface area contributed by atoms with Crippen LogP contribution in [0, 0.1) is 0 Å². The average Bonchev–Trinajstić information content (AvgIpc) is 2.80. The van der Waals surface area contributed by atoms with Gasteiger partial charge in [0, 0.05) is 5.56 Å². The molecular weight excluding hydrogens is 405 g/mol. The molecule has 0 N–H and O–H groups in total. The number of benzene rings is 3. The zero-order valence-electron chi connectivity index (χ0n) is 16.2. The summed E-state index contributed by atoms with van der Waals surface area (Å²) in [6.45, 7) is 0. The Morgan fingerprint density at radius 3 is 1.26 bits per heavy atom. The van der Waals surface area contributed by atoms with E-state index in [4.69, 9.17) is 14.3 Å². The van der Waals surface area contributed by atoms with Crippen molar-refractivity contribution in [2.45, 2.75) is 6.18 Å². The predicted octanol–water partition coefficient (Wildman–Crippen LogP) is 5.86. The first kappa shape index (κ1) is 21.8. The van der Waals surface area contributed by atoms with Crippen LogP contribution in [0.4, 0.5) is 13.2 Å². The number of hydrogen-bond donors (Lipinski definition) is 0. The van der Waals surface area contributed by atoms with Crippen molar-refractivity contribution in [1.82, 2.24) is 0 Å². The van der Waals surface area contributed by atoms with Crippen LogP contribution in [0.2, 0.25) is 0 Å². The molecule has 4 rings (SSSR count). The second kappa shape index (κ2) is 9.71. The third-order valence-electron chi connectivity index (χ3n) is 4.25. The molecule has 0 radical (unpaired) electrons. The van der Waals surface area contributed by atoms with Gasteiger partial charge in [-0.3, -0.25) is 0 Å². The van der Waals surface area contributed by atoms with Crippen molar-refractivity contribution in [3.05, 3.63) is 103 Å². The molecule has 0 spiro atoms. The Balaban J connectivity index is 0.000000339. The Morgan fingerprint density at radius 1 is 0.613 bits per heavy atom. The molecule has 0 aliphatic heterocycles. The number of aliphatic carboxylic acids is 1. The van der Waals surface area contributed by atoms with E-state index in [1.54, 1.807) is 0 Å². The molecule has 0 saturated carbocycles. The third-order valence-corrected chi connectivity index (χ3v) is 4.25. The molecule has 3 aromatic carbocycles. The summed E-state index contributed by atoms with van der Waals surface area (Å²) in [5.74, 6) is -1.26. The number of carboxylic acid groups (broad SMARTS) is 1. The number of carboxylic acids is 1. The molecule has 0 bridgehead atoms. The lowest BCUT2D eigenvalue weighted by molar-refractivity contribution is -0.344. The van der Waals surface area contributed by atoms with Gasteiger partial charge in [-0.25, -0.2) is 4.42 Å². The number of rotatable bonds is 3. The SMILES string of the molecule is O=C([O-])C(F)(F)F.c1ccc(-c2cc(-c3ccccc3)[o+]c(-c3ccccc3)c2)cc1. The van der Waals surface area contributed by atoms with E-state index < -0.39 is 12.1 Å². The van der Waals surface area contributed by atoms with Gasteiger partial charge in [-0.2, -0.15) is 13.2 Å². The summed E-state index contributed by atoms with van der Waals surface area (Å²) < 4.78 is 37.8. The van der Waals surface area contributed by atoms with E-state index in [-0.39, 0.29) is 0 Å². The molecule has 6 heteroatoms. The van der Waals surface area contributed by atoms with Gasteiger partial charge >= 0.3 is 17.7 Å². The second-order valence-corrected chi connectivity index (χ2v) is 6.46. The number of alkyl halides is 3. The lowest BCUT2D eigenvalue weighted by Gasteiger charge is -2.03. The van der Waals surface area contributed by atoms with Crippen LogP contribution in [-0.2, 0) is 4.79 Å². The molecular formula is C25H17F3O3. The Kier molecular flexibility index (Phi) is 6.82. The molecule has 0 aliphatic rings. The summed E-state index contributed by atoms with van der Waals surface area (Å²) in [6.07, 6.45) is -5.19. The van der Waals surface area contributed by atoms with Gasteiger partial charge in [0.25, 0.3) is 0 Å². The molecule has 3 nitrogen and oxygen atoms in total. The molecule has 0 aliphatic carbocycles. The summed E-state index contributed by atoms with van der Waals surface area (Å²) >= 11 is 0. The summed E-state index contributed by atoms with van der Waals surface area (Å²) in [5.41, 5.74) is 4.49. The van der Waals surface area contributed by atoms with Gasteiger partial charge in [-0.1, -0.05) is 66.7 Å². The van der Waals surface area contributed by atoms with E-state index in [1.165, 1.54) is 5.56 Å². The van der Waals surface area contributed by atoms with Crippen LogP contribution >= 0.6 is 0 Å². The van der Waals surface area contributed by atoms with Crippen molar-refractivity contribution in [2.75, 3.05) is 0 Å². The highest BCUT2D eigenvalue weighted by molar-refractivity contribution is 5.74. The minimum absolute atomic E-state index is 0.871. The Bertz CT molecular complexity index is 987. The van der Waals surface area contributed by atoms with E-state index in [2.05, 4.69) is 60.7 Å². The first-order chi connectivity index (χ1) is 14.8. The minimum Gasteiger partial charge on any atom is -0.542 e. The first-order valence-corrected chi connectivity index (χ1v) is 9.27. The van der Waals surface area contributed by atoms with Crippen molar-refractivity contribution in [3.8, 4) is 33.8 Å². The van der Waals surface area contributed by atoms with E-state index in [0.29, 0.717) is 0 Å². The predicted molar refractivity (Wildman–Crippen MR) is 110 cm³/mol. The first-order valence-electron chi connectivity index (χ1n) is 9.27. The summed E-state index contributed by atoms with van der Waals surface area (Å²) in [5, 5.41) is 8.78.